The van der Waals surface area contributed by atoms with Gasteiger partial charge in [-0.05, 0) is 0 Å². The molecule has 4 heteroatoms. The second-order valence-electron chi connectivity index (χ2n) is 0. The summed E-state index contributed by atoms with van der Waals surface area (Å²) >= 11 is 0. The Balaban J connectivity index is 0. The predicted molar refractivity (Wildman–Crippen MR) is 0 cm³/mol. The summed E-state index contributed by atoms with van der Waals surface area (Å²) in [5.74, 6) is 0. The molecule has 0 nitrogen and oxygen atoms in total. The van der Waals surface area contributed by atoms with Crippen molar-refractivity contribution in [2.45, 2.75) is 0 Å². The predicted octanol–water partition coefficient (Wildman–Crippen LogP) is -0.00500. The SMILES string of the molecule is [Co].[Fe].[Tb].[Yb]. The van der Waals surface area contributed by atoms with Crippen molar-refractivity contribution in [3.05, 3.63) is 0 Å². The van der Waals surface area contributed by atoms with E-state index in [1.807, 2.05) is 0 Å². The number of rotatable bonds is 0. The minimum Gasteiger partial charge on any atom is 0 e. The van der Waals surface area contributed by atoms with E-state index in [1.54, 1.807) is 0 Å². The van der Waals surface area contributed by atoms with Crippen molar-refractivity contribution in [3.63, 3.8) is 0 Å². The van der Waals surface area contributed by atoms with Gasteiger partial charge in [0.1, 0.15) is 0 Å². The Morgan fingerprint density at radius 1 is 1.00 bits per heavy atom. The second kappa shape index (κ2) is 15.8. The van der Waals surface area contributed by atoms with Crippen LogP contribution in [0.2, 0.25) is 0 Å². The Morgan fingerprint density at radius 3 is 1.00 bits per heavy atom. The van der Waals surface area contributed by atoms with Crippen LogP contribution in [0.4, 0.5) is 0 Å². The Bertz CT molecular complexity index is 8.00. The maximum absolute atomic E-state index is 0. The second-order valence-corrected chi connectivity index (χ2v) is 0. The molecule has 0 aromatic rings. The molecule has 0 aliphatic heterocycles. The fraction of sp³-hybridized carbons (Fsp3) is 0. The van der Waals surface area contributed by atoms with Crippen LogP contribution in [0, 0.1) is 85.5 Å². The molecule has 0 unspecified atom stereocenters. The topological polar surface area (TPSA) is 0 Å². The minimum atomic E-state index is 0. The molecule has 40 valence electrons. The molecule has 0 saturated heterocycles. The Hall–Kier alpha value is 3.83. The zero-order valence-electron chi connectivity index (χ0n) is 1.29. The molecule has 0 aliphatic carbocycles. The van der Waals surface area contributed by atoms with Crippen LogP contribution in [0.15, 0.2) is 0 Å². The number of hydrogen-bond donors (Lipinski definition) is 0. The van der Waals surface area contributed by atoms with E-state index in [1.165, 1.54) is 0 Å². The first-order valence-corrected chi connectivity index (χ1v) is 0. The van der Waals surface area contributed by atoms with Crippen LogP contribution in [0.1, 0.15) is 0 Å². The summed E-state index contributed by atoms with van der Waals surface area (Å²) in [7, 11) is 0. The molecule has 0 rings (SSSR count). The molecule has 4 heavy (non-hydrogen) atoms. The first-order valence-electron chi connectivity index (χ1n) is 0. The van der Waals surface area contributed by atoms with Crippen molar-refractivity contribution in [1.29, 1.82) is 0 Å². The summed E-state index contributed by atoms with van der Waals surface area (Å²) in [5, 5.41) is 0. The molecule has 0 fully saturated rings. The van der Waals surface area contributed by atoms with Gasteiger partial charge in [0.15, 0.2) is 0 Å². The molecule has 0 N–H and O–H groups in total. The monoisotopic (exact) mass is 448 g/mol. The van der Waals surface area contributed by atoms with Gasteiger partial charge in [-0.25, -0.2) is 0 Å². The van der Waals surface area contributed by atoms with Gasteiger partial charge in [0.25, 0.3) is 0 Å². The summed E-state index contributed by atoms with van der Waals surface area (Å²) in [4.78, 5) is 0. The van der Waals surface area contributed by atoms with Gasteiger partial charge in [-0.3, -0.25) is 0 Å². The van der Waals surface area contributed by atoms with Crippen LogP contribution in [0.3, 0.4) is 0 Å². The quantitative estimate of drug-likeness (QED) is 0.460. The third-order valence-corrected chi connectivity index (χ3v) is 0. The fourth-order valence-electron chi connectivity index (χ4n) is 0. The smallest absolute Gasteiger partial charge is 0 e. The Morgan fingerprint density at radius 2 is 1.00 bits per heavy atom. The summed E-state index contributed by atoms with van der Waals surface area (Å²) in [6, 6.07) is 0. The van der Waals surface area contributed by atoms with Crippen LogP contribution < -0.4 is 0 Å². The van der Waals surface area contributed by atoms with Crippen LogP contribution in [-0.4, -0.2) is 0 Å². The van der Waals surface area contributed by atoms with Gasteiger partial charge in [0.2, 0.25) is 0 Å². The molecule has 0 aromatic carbocycles. The van der Waals surface area contributed by atoms with Crippen LogP contribution in [-0.2, 0) is 33.8 Å². The van der Waals surface area contributed by atoms with Crippen LogP contribution in [0.5, 0.6) is 0 Å². The Kier molecular flexibility index (Phi) is 98.5. The van der Waals surface area contributed by atoms with Crippen molar-refractivity contribution >= 4 is 0 Å². The van der Waals surface area contributed by atoms with E-state index in [4.69, 9.17) is 0 Å². The van der Waals surface area contributed by atoms with Gasteiger partial charge in [-0.1, -0.05) is 0 Å². The standard InChI is InChI=1S/Co.Fe.Tb.Yb. The summed E-state index contributed by atoms with van der Waals surface area (Å²) < 4.78 is 0. The maximum atomic E-state index is 0. The summed E-state index contributed by atoms with van der Waals surface area (Å²) in [6.07, 6.45) is 0. The zero-order valence-corrected chi connectivity index (χ0v) is 7.29. The van der Waals surface area contributed by atoms with Gasteiger partial charge < -0.3 is 0 Å². The molecule has 0 aromatic heterocycles. The maximum Gasteiger partial charge on any atom is 0 e. The van der Waals surface area contributed by atoms with E-state index in [0.717, 1.165) is 0 Å². The third-order valence-electron chi connectivity index (χ3n) is 0. The largest absolute Gasteiger partial charge is 0 e. The minimum absolute atomic E-state index is 0. The molecule has 2 radical (unpaired) electrons. The summed E-state index contributed by atoms with van der Waals surface area (Å²) in [6.45, 7) is 0. The molecular weight excluding hydrogens is 447 g/mol. The molecule has 0 atom stereocenters. The van der Waals surface area contributed by atoms with Crippen molar-refractivity contribution in [2.75, 3.05) is 0 Å². The van der Waals surface area contributed by atoms with E-state index in [0.29, 0.717) is 0 Å². The normalized spacial score (nSPS) is 0. The van der Waals surface area contributed by atoms with Crippen molar-refractivity contribution in [3.8, 4) is 0 Å². The molecule has 0 spiro atoms. The van der Waals surface area contributed by atoms with Gasteiger partial charge >= 0.3 is 0 Å². The van der Waals surface area contributed by atoms with Crippen LogP contribution >= 0.6 is 0 Å². The Labute approximate surface area is 116 Å². The van der Waals surface area contributed by atoms with Crippen molar-refractivity contribution in [1.82, 2.24) is 0 Å². The van der Waals surface area contributed by atoms with Gasteiger partial charge in [-0.2, -0.15) is 0 Å². The molecule has 0 amide bonds. The van der Waals surface area contributed by atoms with Gasteiger partial charge in [0.05, 0.1) is 0 Å². The molecule has 0 saturated carbocycles. The molecule has 0 aliphatic rings. The zero-order chi connectivity index (χ0) is 0. The van der Waals surface area contributed by atoms with Gasteiger partial charge in [-0.15, -0.1) is 0 Å². The van der Waals surface area contributed by atoms with Crippen LogP contribution in [0.25, 0.3) is 0 Å². The van der Waals surface area contributed by atoms with Gasteiger partial charge in [0, 0.05) is 119 Å². The van der Waals surface area contributed by atoms with E-state index in [2.05, 4.69) is 0 Å². The molecule has 0 heterocycles. The average Bonchev–Trinajstić information content (AvgIpc) is 0. The molecular formula is CoFeTbYb. The van der Waals surface area contributed by atoms with E-state index in [-0.39, 0.29) is 119 Å². The van der Waals surface area contributed by atoms with E-state index in [9.17, 15) is 0 Å². The number of hydrogen-bond acceptors (Lipinski definition) is 0. The van der Waals surface area contributed by atoms with Crippen molar-refractivity contribution in [2.24, 2.45) is 0 Å². The van der Waals surface area contributed by atoms with E-state index < -0.39 is 0 Å². The first-order chi connectivity index (χ1) is 0. The molecule has 0 bridgehead atoms. The first kappa shape index (κ1) is 24.9. The summed E-state index contributed by atoms with van der Waals surface area (Å²) in [5.41, 5.74) is 0. The van der Waals surface area contributed by atoms with Crippen molar-refractivity contribution < 1.29 is 119 Å². The third kappa shape index (κ3) is 9.27. The van der Waals surface area contributed by atoms with E-state index >= 15 is 0 Å². The fourth-order valence-corrected chi connectivity index (χ4v) is 0. The average molecular weight is 447 g/mol.